The van der Waals surface area contributed by atoms with Crippen LogP contribution in [0.4, 0.5) is 5.82 Å². The van der Waals surface area contributed by atoms with Crippen molar-refractivity contribution >= 4 is 5.82 Å². The normalized spacial score (nSPS) is 18.5. The van der Waals surface area contributed by atoms with Crippen LogP contribution in [-0.2, 0) is 0 Å². The number of pyridine rings is 1. The van der Waals surface area contributed by atoms with E-state index in [9.17, 15) is 0 Å². The maximum atomic E-state index is 8.85. The van der Waals surface area contributed by atoms with Gasteiger partial charge in [-0.15, -0.1) is 0 Å². The Balaban J connectivity index is 1.74. The minimum absolute atomic E-state index is 0.251. The molecule has 0 N–H and O–H groups in total. The summed E-state index contributed by atoms with van der Waals surface area (Å²) in [5.41, 5.74) is 0.581. The van der Waals surface area contributed by atoms with E-state index in [4.69, 9.17) is 9.78 Å². The molecule has 0 aromatic carbocycles. The van der Waals surface area contributed by atoms with Crippen molar-refractivity contribution < 1.29 is 4.52 Å². The van der Waals surface area contributed by atoms with Crippen LogP contribution in [0.3, 0.4) is 0 Å². The highest BCUT2D eigenvalue weighted by molar-refractivity contribution is 5.42. The van der Waals surface area contributed by atoms with Crippen molar-refractivity contribution in [3.63, 3.8) is 0 Å². The third-order valence-corrected chi connectivity index (χ3v) is 3.94. The Morgan fingerprint density at radius 1 is 1.41 bits per heavy atom. The van der Waals surface area contributed by atoms with Crippen molar-refractivity contribution in [2.75, 3.05) is 18.0 Å². The second-order valence-electron chi connectivity index (χ2n) is 5.95. The summed E-state index contributed by atoms with van der Waals surface area (Å²) < 4.78 is 5.32. The molecule has 22 heavy (non-hydrogen) atoms. The minimum atomic E-state index is 0.251. The van der Waals surface area contributed by atoms with Crippen LogP contribution in [0.5, 0.6) is 0 Å². The van der Waals surface area contributed by atoms with Crippen LogP contribution in [0.25, 0.3) is 0 Å². The first-order chi connectivity index (χ1) is 10.7. The standard InChI is InChI=1S/C16H19N5O/c1-11(2)16-19-15(20-22-16)13-4-3-7-21(10-13)14-6-5-12(8-17)9-18-14/h5-6,9,11,13H,3-4,7,10H2,1-2H3. The van der Waals surface area contributed by atoms with Crippen molar-refractivity contribution in [3.05, 3.63) is 35.6 Å². The Hall–Kier alpha value is -2.42. The van der Waals surface area contributed by atoms with Gasteiger partial charge in [0.15, 0.2) is 5.82 Å². The number of aromatic nitrogens is 3. The summed E-state index contributed by atoms with van der Waals surface area (Å²) in [5, 5.41) is 13.0. The molecule has 0 aliphatic carbocycles. The summed E-state index contributed by atoms with van der Waals surface area (Å²) in [6.07, 6.45) is 3.74. The van der Waals surface area contributed by atoms with Crippen molar-refractivity contribution in [2.45, 2.75) is 38.5 Å². The first kappa shape index (κ1) is 14.5. The average Bonchev–Trinajstić information content (AvgIpc) is 3.05. The van der Waals surface area contributed by atoms with Crippen LogP contribution in [0.1, 0.15) is 55.8 Å². The summed E-state index contributed by atoms with van der Waals surface area (Å²) in [4.78, 5) is 11.1. The van der Waals surface area contributed by atoms with E-state index in [1.54, 1.807) is 12.3 Å². The summed E-state index contributed by atoms with van der Waals surface area (Å²) in [6.45, 7) is 5.89. The number of nitriles is 1. The quantitative estimate of drug-likeness (QED) is 0.866. The van der Waals surface area contributed by atoms with E-state index in [1.807, 2.05) is 19.9 Å². The molecule has 1 saturated heterocycles. The molecule has 2 aromatic rings. The Morgan fingerprint density at radius 3 is 2.91 bits per heavy atom. The van der Waals surface area contributed by atoms with Gasteiger partial charge in [-0.2, -0.15) is 10.2 Å². The first-order valence-electron chi connectivity index (χ1n) is 7.62. The third-order valence-electron chi connectivity index (χ3n) is 3.94. The predicted molar refractivity (Wildman–Crippen MR) is 81.5 cm³/mol. The van der Waals surface area contributed by atoms with Gasteiger partial charge in [-0.25, -0.2) is 4.98 Å². The molecule has 1 aliphatic rings. The zero-order valence-electron chi connectivity index (χ0n) is 12.9. The van der Waals surface area contributed by atoms with Gasteiger partial charge in [0, 0.05) is 31.1 Å². The number of hydrogen-bond acceptors (Lipinski definition) is 6. The van der Waals surface area contributed by atoms with Crippen LogP contribution in [-0.4, -0.2) is 28.2 Å². The molecular weight excluding hydrogens is 278 g/mol. The topological polar surface area (TPSA) is 78.8 Å². The number of rotatable bonds is 3. The molecule has 3 rings (SSSR count). The summed E-state index contributed by atoms with van der Waals surface area (Å²) >= 11 is 0. The Bertz CT molecular complexity index is 671. The van der Waals surface area contributed by atoms with E-state index >= 15 is 0 Å². The lowest BCUT2D eigenvalue weighted by atomic mass is 9.97. The predicted octanol–water partition coefficient (Wildman–Crippen LogP) is 2.84. The fourth-order valence-corrected chi connectivity index (χ4v) is 2.68. The molecular formula is C16H19N5O. The van der Waals surface area contributed by atoms with Crippen molar-refractivity contribution in [3.8, 4) is 6.07 Å². The van der Waals surface area contributed by atoms with E-state index in [1.165, 1.54) is 0 Å². The Labute approximate surface area is 129 Å². The first-order valence-corrected chi connectivity index (χ1v) is 7.62. The zero-order valence-corrected chi connectivity index (χ0v) is 12.9. The Kier molecular flexibility index (Phi) is 4.05. The molecule has 1 aliphatic heterocycles. The number of hydrogen-bond donors (Lipinski definition) is 0. The fraction of sp³-hybridized carbons (Fsp3) is 0.500. The van der Waals surface area contributed by atoms with E-state index in [0.717, 1.165) is 37.6 Å². The second-order valence-corrected chi connectivity index (χ2v) is 5.95. The van der Waals surface area contributed by atoms with Crippen LogP contribution < -0.4 is 4.90 Å². The smallest absolute Gasteiger partial charge is 0.229 e. The minimum Gasteiger partial charge on any atom is -0.356 e. The molecule has 6 nitrogen and oxygen atoms in total. The van der Waals surface area contributed by atoms with Crippen LogP contribution >= 0.6 is 0 Å². The number of piperidine rings is 1. The highest BCUT2D eigenvalue weighted by Gasteiger charge is 2.26. The molecule has 1 fully saturated rings. The average molecular weight is 297 g/mol. The summed E-state index contributed by atoms with van der Waals surface area (Å²) in [5.74, 6) is 2.91. The molecule has 1 atom stereocenters. The van der Waals surface area contributed by atoms with Crippen molar-refractivity contribution in [1.82, 2.24) is 15.1 Å². The molecule has 114 valence electrons. The number of nitrogens with zero attached hydrogens (tertiary/aromatic N) is 5. The molecule has 0 spiro atoms. The molecule has 0 saturated carbocycles. The summed E-state index contributed by atoms with van der Waals surface area (Å²) in [6, 6.07) is 5.79. The molecule has 6 heteroatoms. The van der Waals surface area contributed by atoms with Gasteiger partial charge in [-0.1, -0.05) is 19.0 Å². The molecule has 0 amide bonds. The SMILES string of the molecule is CC(C)c1nc(C2CCCN(c3ccc(C#N)cn3)C2)no1. The molecule has 3 heterocycles. The second kappa shape index (κ2) is 6.14. The third kappa shape index (κ3) is 2.93. The maximum Gasteiger partial charge on any atom is 0.229 e. The van der Waals surface area contributed by atoms with Gasteiger partial charge >= 0.3 is 0 Å². The van der Waals surface area contributed by atoms with Gasteiger partial charge in [-0.05, 0) is 25.0 Å². The van der Waals surface area contributed by atoms with Gasteiger partial charge in [0.25, 0.3) is 0 Å². The van der Waals surface area contributed by atoms with Crippen LogP contribution in [0.2, 0.25) is 0 Å². The highest BCUT2D eigenvalue weighted by Crippen LogP contribution is 2.28. The van der Waals surface area contributed by atoms with E-state index in [2.05, 4.69) is 26.1 Å². The monoisotopic (exact) mass is 297 g/mol. The highest BCUT2D eigenvalue weighted by atomic mass is 16.5. The largest absolute Gasteiger partial charge is 0.356 e. The number of anilines is 1. The molecule has 1 unspecified atom stereocenters. The molecule has 0 radical (unpaired) electrons. The van der Waals surface area contributed by atoms with E-state index in [0.29, 0.717) is 11.5 Å². The van der Waals surface area contributed by atoms with Gasteiger partial charge in [0.2, 0.25) is 5.89 Å². The molecule has 2 aromatic heterocycles. The van der Waals surface area contributed by atoms with Crippen molar-refractivity contribution in [2.24, 2.45) is 0 Å². The molecule has 0 bridgehead atoms. The summed E-state index contributed by atoms with van der Waals surface area (Å²) in [7, 11) is 0. The lowest BCUT2D eigenvalue weighted by Gasteiger charge is -2.32. The van der Waals surface area contributed by atoms with Gasteiger partial charge < -0.3 is 9.42 Å². The van der Waals surface area contributed by atoms with Gasteiger partial charge in [-0.3, -0.25) is 0 Å². The fourth-order valence-electron chi connectivity index (χ4n) is 2.68. The van der Waals surface area contributed by atoms with Crippen LogP contribution in [0, 0.1) is 11.3 Å². The lowest BCUT2D eigenvalue weighted by molar-refractivity contribution is 0.354. The Morgan fingerprint density at radius 2 is 2.27 bits per heavy atom. The zero-order chi connectivity index (χ0) is 15.5. The van der Waals surface area contributed by atoms with E-state index in [-0.39, 0.29) is 11.8 Å². The van der Waals surface area contributed by atoms with Gasteiger partial charge in [0.05, 0.1) is 5.56 Å². The van der Waals surface area contributed by atoms with Crippen LogP contribution in [0.15, 0.2) is 22.9 Å². The van der Waals surface area contributed by atoms with Gasteiger partial charge in [0.1, 0.15) is 11.9 Å². The van der Waals surface area contributed by atoms with E-state index < -0.39 is 0 Å². The maximum absolute atomic E-state index is 8.85. The lowest BCUT2D eigenvalue weighted by Crippen LogP contribution is -2.35. The van der Waals surface area contributed by atoms with Crippen molar-refractivity contribution in [1.29, 1.82) is 5.26 Å².